The number of hydrogen-bond acceptors (Lipinski definition) is 5. The van der Waals surface area contributed by atoms with Gasteiger partial charge in [0.25, 0.3) is 0 Å². The van der Waals surface area contributed by atoms with Gasteiger partial charge in [-0.05, 0) is 39.2 Å². The van der Waals surface area contributed by atoms with Crippen LogP contribution in [0.2, 0.25) is 0 Å². The molecule has 1 spiro atoms. The highest BCUT2D eigenvalue weighted by Crippen LogP contribution is 2.37. The van der Waals surface area contributed by atoms with Gasteiger partial charge in [-0.25, -0.2) is 9.97 Å². The molecule has 0 amide bonds. The van der Waals surface area contributed by atoms with Crippen molar-refractivity contribution in [3.05, 3.63) is 12.4 Å². The van der Waals surface area contributed by atoms with Crippen LogP contribution in [-0.2, 0) is 0 Å². The minimum absolute atomic E-state index is 0.438. The van der Waals surface area contributed by atoms with E-state index in [1.54, 1.807) is 6.33 Å². The summed E-state index contributed by atoms with van der Waals surface area (Å²) in [7, 11) is 0. The summed E-state index contributed by atoms with van der Waals surface area (Å²) in [5.74, 6) is 1.69. The molecule has 5 nitrogen and oxygen atoms in total. The summed E-state index contributed by atoms with van der Waals surface area (Å²) in [6.07, 6.45) is 6.82. The van der Waals surface area contributed by atoms with Crippen LogP contribution in [0.15, 0.2) is 12.4 Å². The largest absolute Gasteiger partial charge is 0.478 e. The molecule has 0 bridgehead atoms. The van der Waals surface area contributed by atoms with E-state index in [0.717, 1.165) is 25.5 Å². The van der Waals surface area contributed by atoms with Gasteiger partial charge in [0.1, 0.15) is 12.1 Å². The lowest BCUT2D eigenvalue weighted by atomic mass is 9.74. The summed E-state index contributed by atoms with van der Waals surface area (Å²) in [5, 5.41) is 3.56. The fraction of sp³-hybridized carbons (Fsp3) is 0.733. The SMILES string of the molecule is CCOc1cc(N2CCCC3(CCCNC3)C2)ncn1. The third-order valence-corrected chi connectivity index (χ3v) is 4.47. The lowest BCUT2D eigenvalue weighted by molar-refractivity contribution is 0.172. The normalized spacial score (nSPS) is 26.8. The maximum atomic E-state index is 5.48. The van der Waals surface area contributed by atoms with Gasteiger partial charge in [0.2, 0.25) is 5.88 Å². The monoisotopic (exact) mass is 276 g/mol. The van der Waals surface area contributed by atoms with Gasteiger partial charge in [-0.2, -0.15) is 0 Å². The van der Waals surface area contributed by atoms with Crippen molar-refractivity contribution in [2.24, 2.45) is 5.41 Å². The first kappa shape index (κ1) is 13.6. The molecular formula is C15H24N4O. The minimum atomic E-state index is 0.438. The number of ether oxygens (including phenoxy) is 1. The van der Waals surface area contributed by atoms with Crippen molar-refractivity contribution in [1.82, 2.24) is 15.3 Å². The molecule has 1 atom stereocenters. The van der Waals surface area contributed by atoms with Crippen LogP contribution in [0.5, 0.6) is 5.88 Å². The number of aromatic nitrogens is 2. The summed E-state index contributed by atoms with van der Waals surface area (Å²) < 4.78 is 5.48. The van der Waals surface area contributed by atoms with Crippen LogP contribution in [-0.4, -0.2) is 42.8 Å². The van der Waals surface area contributed by atoms with Crippen LogP contribution in [0.1, 0.15) is 32.6 Å². The smallest absolute Gasteiger partial charge is 0.218 e. The Hall–Kier alpha value is -1.36. The first-order valence-corrected chi connectivity index (χ1v) is 7.72. The summed E-state index contributed by atoms with van der Waals surface area (Å²) in [4.78, 5) is 11.0. The lowest BCUT2D eigenvalue weighted by Crippen LogP contribution is -2.51. The van der Waals surface area contributed by atoms with Gasteiger partial charge in [0.05, 0.1) is 6.61 Å². The molecule has 0 radical (unpaired) electrons. The molecule has 2 saturated heterocycles. The van der Waals surface area contributed by atoms with Crippen LogP contribution >= 0.6 is 0 Å². The van der Waals surface area contributed by atoms with Gasteiger partial charge in [-0.3, -0.25) is 0 Å². The van der Waals surface area contributed by atoms with Gasteiger partial charge in [-0.15, -0.1) is 0 Å². The summed E-state index contributed by atoms with van der Waals surface area (Å²) in [6, 6.07) is 1.97. The number of nitrogens with zero attached hydrogens (tertiary/aromatic N) is 3. The van der Waals surface area contributed by atoms with E-state index in [4.69, 9.17) is 4.74 Å². The Bertz CT molecular complexity index is 440. The quantitative estimate of drug-likeness (QED) is 0.913. The van der Waals surface area contributed by atoms with Crippen LogP contribution in [0.4, 0.5) is 5.82 Å². The highest BCUT2D eigenvalue weighted by Gasteiger charge is 2.36. The topological polar surface area (TPSA) is 50.3 Å². The zero-order valence-electron chi connectivity index (χ0n) is 12.3. The molecule has 2 fully saturated rings. The van der Waals surface area contributed by atoms with E-state index >= 15 is 0 Å². The van der Waals surface area contributed by atoms with Crippen molar-refractivity contribution in [2.45, 2.75) is 32.6 Å². The summed E-state index contributed by atoms with van der Waals surface area (Å²) in [6.45, 7) is 7.12. The fourth-order valence-electron chi connectivity index (χ4n) is 3.51. The van der Waals surface area contributed by atoms with Crippen LogP contribution in [0.3, 0.4) is 0 Å². The van der Waals surface area contributed by atoms with Crippen molar-refractivity contribution in [2.75, 3.05) is 37.7 Å². The predicted octanol–water partition coefficient (Wildman–Crippen LogP) is 1.85. The molecule has 1 aromatic heterocycles. The molecule has 1 aromatic rings. The molecule has 3 heterocycles. The minimum Gasteiger partial charge on any atom is -0.478 e. The molecule has 1 N–H and O–H groups in total. The Kier molecular flexibility index (Phi) is 4.05. The molecule has 2 aliphatic rings. The van der Waals surface area contributed by atoms with E-state index in [2.05, 4.69) is 20.2 Å². The third-order valence-electron chi connectivity index (χ3n) is 4.47. The highest BCUT2D eigenvalue weighted by atomic mass is 16.5. The zero-order valence-corrected chi connectivity index (χ0v) is 12.3. The first-order chi connectivity index (χ1) is 9.81. The van der Waals surface area contributed by atoms with Gasteiger partial charge in [0.15, 0.2) is 0 Å². The van der Waals surface area contributed by atoms with E-state index in [9.17, 15) is 0 Å². The van der Waals surface area contributed by atoms with Gasteiger partial charge >= 0.3 is 0 Å². The van der Waals surface area contributed by atoms with E-state index < -0.39 is 0 Å². The van der Waals surface area contributed by atoms with Crippen LogP contribution < -0.4 is 15.0 Å². The van der Waals surface area contributed by atoms with Crippen molar-refractivity contribution in [1.29, 1.82) is 0 Å². The predicted molar refractivity (Wildman–Crippen MR) is 79.2 cm³/mol. The molecule has 0 aromatic carbocycles. The summed E-state index contributed by atoms with van der Waals surface area (Å²) >= 11 is 0. The van der Waals surface area contributed by atoms with Crippen molar-refractivity contribution < 1.29 is 4.74 Å². The maximum Gasteiger partial charge on any atom is 0.218 e. The molecule has 5 heteroatoms. The maximum absolute atomic E-state index is 5.48. The molecule has 1 unspecified atom stereocenters. The van der Waals surface area contributed by atoms with Crippen molar-refractivity contribution >= 4 is 5.82 Å². The average molecular weight is 276 g/mol. The molecule has 20 heavy (non-hydrogen) atoms. The first-order valence-electron chi connectivity index (χ1n) is 7.72. The lowest BCUT2D eigenvalue weighted by Gasteiger charge is -2.45. The highest BCUT2D eigenvalue weighted by molar-refractivity contribution is 5.41. The van der Waals surface area contributed by atoms with Gasteiger partial charge in [0, 0.05) is 31.1 Å². The molecule has 3 rings (SSSR count). The number of rotatable bonds is 3. The van der Waals surface area contributed by atoms with E-state index in [-0.39, 0.29) is 0 Å². The Labute approximate surface area is 120 Å². The second kappa shape index (κ2) is 5.95. The number of nitrogens with one attached hydrogen (secondary N) is 1. The van der Waals surface area contributed by atoms with E-state index in [0.29, 0.717) is 17.9 Å². The number of hydrogen-bond donors (Lipinski definition) is 1. The third kappa shape index (κ3) is 2.87. The van der Waals surface area contributed by atoms with E-state index in [1.807, 2.05) is 13.0 Å². The second-order valence-electron chi connectivity index (χ2n) is 5.95. The second-order valence-corrected chi connectivity index (χ2v) is 5.95. The fourth-order valence-corrected chi connectivity index (χ4v) is 3.51. The Balaban J connectivity index is 1.74. The van der Waals surface area contributed by atoms with Gasteiger partial charge < -0.3 is 15.0 Å². The standard InChI is InChI=1S/C15H24N4O/c1-2-20-14-9-13(17-12-18-14)19-8-4-6-15(11-19)5-3-7-16-10-15/h9,12,16H,2-8,10-11H2,1H3. The zero-order chi connectivity index (χ0) is 13.8. The summed E-state index contributed by atoms with van der Waals surface area (Å²) in [5.41, 5.74) is 0.438. The number of piperidine rings is 2. The molecule has 0 saturated carbocycles. The molecular weight excluding hydrogens is 252 g/mol. The molecule has 2 aliphatic heterocycles. The van der Waals surface area contributed by atoms with Gasteiger partial charge in [-0.1, -0.05) is 0 Å². The molecule has 110 valence electrons. The average Bonchev–Trinajstić information content (AvgIpc) is 2.49. The Morgan fingerprint density at radius 2 is 2.25 bits per heavy atom. The van der Waals surface area contributed by atoms with Crippen molar-refractivity contribution in [3.63, 3.8) is 0 Å². The van der Waals surface area contributed by atoms with E-state index in [1.165, 1.54) is 32.2 Å². The van der Waals surface area contributed by atoms with Crippen LogP contribution in [0.25, 0.3) is 0 Å². The van der Waals surface area contributed by atoms with Crippen molar-refractivity contribution in [3.8, 4) is 5.88 Å². The Morgan fingerprint density at radius 3 is 3.05 bits per heavy atom. The Morgan fingerprint density at radius 1 is 1.35 bits per heavy atom. The van der Waals surface area contributed by atoms with Crippen LogP contribution in [0, 0.1) is 5.41 Å². The molecule has 0 aliphatic carbocycles. The number of anilines is 1.